The monoisotopic (exact) mass is 80.0 g/mol. The van der Waals surface area contributed by atoms with Crippen molar-refractivity contribution in [3.8, 4) is 0 Å². The lowest BCUT2D eigenvalue weighted by molar-refractivity contribution is 0.474. The Morgan fingerprint density at radius 2 is 1.75 bits per heavy atom. The summed E-state index contributed by atoms with van der Waals surface area (Å²) in [6.45, 7) is 0. The first-order valence-electron chi connectivity index (χ1n) is 0.569. The SMILES string of the molecule is NS([O])=O. The van der Waals surface area contributed by atoms with Crippen molar-refractivity contribution >= 4 is 11.3 Å². The van der Waals surface area contributed by atoms with Crippen LogP contribution in [0.25, 0.3) is 0 Å². The molecule has 0 saturated carbocycles. The number of hydrogen-bond donors (Lipinski definition) is 1. The smallest absolute Gasteiger partial charge is 0.226 e. The van der Waals surface area contributed by atoms with E-state index < -0.39 is 11.3 Å². The van der Waals surface area contributed by atoms with E-state index >= 15 is 0 Å². The van der Waals surface area contributed by atoms with E-state index in [0.717, 1.165) is 0 Å². The molecule has 1 atom stereocenters. The fourth-order valence-electron chi connectivity index (χ4n) is 0. The lowest BCUT2D eigenvalue weighted by atomic mass is 13.9. The van der Waals surface area contributed by atoms with Gasteiger partial charge in [0, 0.05) is 0 Å². The molecule has 0 aromatic heterocycles. The van der Waals surface area contributed by atoms with Crippen molar-refractivity contribution < 1.29 is 8.76 Å². The third-order valence-corrected chi connectivity index (χ3v) is 0. The van der Waals surface area contributed by atoms with E-state index in [1.807, 2.05) is 0 Å². The molecule has 0 aliphatic heterocycles. The molecule has 0 heterocycles. The van der Waals surface area contributed by atoms with Gasteiger partial charge in [-0.3, -0.25) is 0 Å². The van der Waals surface area contributed by atoms with Gasteiger partial charge in [-0.25, -0.2) is 9.35 Å². The van der Waals surface area contributed by atoms with Crippen molar-refractivity contribution in [3.05, 3.63) is 0 Å². The van der Waals surface area contributed by atoms with Crippen molar-refractivity contribution in [3.63, 3.8) is 0 Å². The summed E-state index contributed by atoms with van der Waals surface area (Å²) in [6, 6.07) is 0. The fraction of sp³-hybridized carbons (Fsp3) is 0. The highest BCUT2D eigenvalue weighted by Gasteiger charge is 1.64. The number of hydrogen-bond acceptors (Lipinski definition) is 1. The molecule has 25 valence electrons. The summed E-state index contributed by atoms with van der Waals surface area (Å²) in [6.07, 6.45) is 0. The summed E-state index contributed by atoms with van der Waals surface area (Å²) < 4.78 is 17.6. The highest BCUT2D eigenvalue weighted by Crippen LogP contribution is 1.38. The van der Waals surface area contributed by atoms with Gasteiger partial charge in [-0.2, -0.15) is 0 Å². The van der Waals surface area contributed by atoms with E-state index in [0.29, 0.717) is 0 Å². The Bertz CT molecular complexity index is 29.0. The van der Waals surface area contributed by atoms with Crippen LogP contribution in [0.1, 0.15) is 0 Å². The molecule has 1 unspecified atom stereocenters. The van der Waals surface area contributed by atoms with E-state index in [-0.39, 0.29) is 0 Å². The van der Waals surface area contributed by atoms with Crippen LogP contribution in [0.2, 0.25) is 0 Å². The van der Waals surface area contributed by atoms with E-state index in [1.165, 1.54) is 0 Å². The van der Waals surface area contributed by atoms with Gasteiger partial charge in [0.25, 0.3) is 11.3 Å². The second-order valence-corrected chi connectivity index (χ2v) is 0.781. The van der Waals surface area contributed by atoms with Crippen molar-refractivity contribution in [2.24, 2.45) is 5.14 Å². The molecule has 1 radical (unpaired) electrons. The average molecular weight is 80.1 g/mol. The second-order valence-electron chi connectivity index (χ2n) is 0.260. The molecule has 0 rings (SSSR count). The molecule has 4 heavy (non-hydrogen) atoms. The molecule has 0 aromatic carbocycles. The zero-order valence-corrected chi connectivity index (χ0v) is 2.62. The highest BCUT2D eigenvalue weighted by molar-refractivity contribution is 7.76. The van der Waals surface area contributed by atoms with Crippen molar-refractivity contribution in [1.82, 2.24) is 0 Å². The summed E-state index contributed by atoms with van der Waals surface area (Å²) in [5.74, 6) is 0. The Labute approximate surface area is 26.2 Å². The van der Waals surface area contributed by atoms with Gasteiger partial charge >= 0.3 is 0 Å². The minimum Gasteiger partial charge on any atom is -0.226 e. The summed E-state index contributed by atoms with van der Waals surface area (Å²) in [5, 5.41) is 4.03. The molecule has 3 nitrogen and oxygen atoms in total. The van der Waals surface area contributed by atoms with Gasteiger partial charge in [-0.15, -0.1) is 0 Å². The first-order valence-corrected chi connectivity index (χ1v) is 1.71. The van der Waals surface area contributed by atoms with Gasteiger partial charge in [0.1, 0.15) is 0 Å². The summed E-state index contributed by atoms with van der Waals surface area (Å²) >= 11 is -2.36. The van der Waals surface area contributed by atoms with E-state index in [4.69, 9.17) is 8.76 Å². The summed E-state index contributed by atoms with van der Waals surface area (Å²) in [4.78, 5) is 0. The van der Waals surface area contributed by atoms with Crippen LogP contribution >= 0.6 is 0 Å². The summed E-state index contributed by atoms with van der Waals surface area (Å²) in [7, 11) is 0. The first-order chi connectivity index (χ1) is 1.73. The molecule has 0 bridgehead atoms. The average Bonchev–Trinajstić information content (AvgIpc) is 0.811. The maximum atomic E-state index is 8.78. The molecule has 4 heteroatoms. The highest BCUT2D eigenvalue weighted by atomic mass is 32.2. The second kappa shape index (κ2) is 1.40. The van der Waals surface area contributed by atoms with E-state index in [2.05, 4.69) is 5.14 Å². The Balaban J connectivity index is 2.80. The Hall–Kier alpha value is 0.0700. The third-order valence-electron chi connectivity index (χ3n) is 0. The maximum Gasteiger partial charge on any atom is 0.262 e. The van der Waals surface area contributed by atoms with Crippen LogP contribution in [0.5, 0.6) is 0 Å². The minimum atomic E-state index is -2.36. The molecule has 0 fully saturated rings. The third kappa shape index (κ3) is 484. The van der Waals surface area contributed by atoms with Crippen LogP contribution in [-0.4, -0.2) is 4.21 Å². The predicted octanol–water partition coefficient (Wildman–Crippen LogP) is -1.05. The Morgan fingerprint density at radius 3 is 1.75 bits per heavy atom. The van der Waals surface area contributed by atoms with Crippen molar-refractivity contribution in [2.45, 2.75) is 0 Å². The van der Waals surface area contributed by atoms with Crippen LogP contribution in [0.4, 0.5) is 0 Å². The zero-order chi connectivity index (χ0) is 3.58. The van der Waals surface area contributed by atoms with Crippen molar-refractivity contribution in [2.75, 3.05) is 0 Å². The topological polar surface area (TPSA) is 63.0 Å². The first kappa shape index (κ1) is 4.07. The minimum absolute atomic E-state index is 2.36. The number of nitrogens with two attached hydrogens (primary N) is 1. The largest absolute Gasteiger partial charge is 0.262 e. The van der Waals surface area contributed by atoms with Gasteiger partial charge in [0.15, 0.2) is 0 Å². The van der Waals surface area contributed by atoms with Gasteiger partial charge in [-0.1, -0.05) is 4.55 Å². The van der Waals surface area contributed by atoms with Gasteiger partial charge < -0.3 is 0 Å². The molecule has 0 saturated heterocycles. The lowest BCUT2D eigenvalue weighted by Gasteiger charge is -1.55. The molecule has 0 amide bonds. The van der Waals surface area contributed by atoms with Gasteiger partial charge in [0.2, 0.25) is 0 Å². The quantitative estimate of drug-likeness (QED) is 0.396. The lowest BCUT2D eigenvalue weighted by Crippen LogP contribution is -1.94. The standard InChI is InChI=1S/H2NO2S/c1-4(2)3/h1H2. The molecule has 0 spiro atoms. The normalized spacial score (nSPS) is 15.5. The molecule has 2 N–H and O–H groups in total. The Morgan fingerprint density at radius 1 is 1.75 bits per heavy atom. The molecular weight excluding hydrogens is 78.1 g/mol. The Kier molecular flexibility index (Phi) is 1.42. The van der Waals surface area contributed by atoms with Gasteiger partial charge in [0.05, 0.1) is 0 Å². The number of rotatable bonds is 0. The fourth-order valence-corrected chi connectivity index (χ4v) is 0. The molecule has 0 aliphatic rings. The molecular formula is H2NO2S. The molecule has 0 aromatic rings. The van der Waals surface area contributed by atoms with Crippen LogP contribution in [0.15, 0.2) is 0 Å². The van der Waals surface area contributed by atoms with Crippen LogP contribution < -0.4 is 5.14 Å². The molecule has 0 aliphatic carbocycles. The van der Waals surface area contributed by atoms with Crippen LogP contribution in [-0.2, 0) is 15.8 Å². The van der Waals surface area contributed by atoms with E-state index in [9.17, 15) is 0 Å². The maximum absolute atomic E-state index is 8.78. The van der Waals surface area contributed by atoms with Gasteiger partial charge in [-0.05, 0) is 0 Å². The zero-order valence-electron chi connectivity index (χ0n) is 1.80. The van der Waals surface area contributed by atoms with Crippen molar-refractivity contribution in [1.29, 1.82) is 0 Å². The van der Waals surface area contributed by atoms with Crippen LogP contribution in [0.3, 0.4) is 0 Å². The predicted molar refractivity (Wildman–Crippen MR) is 13.0 cm³/mol. The summed E-state index contributed by atoms with van der Waals surface area (Å²) in [5.41, 5.74) is 0. The van der Waals surface area contributed by atoms with Crippen LogP contribution in [0, 0.1) is 0 Å². The van der Waals surface area contributed by atoms with E-state index in [1.54, 1.807) is 0 Å².